The molecule has 2 N–H and O–H groups in total. The Bertz CT molecular complexity index is 1090. The first-order chi connectivity index (χ1) is 14.6. The number of amides is 2. The molecule has 0 bridgehead atoms. The summed E-state index contributed by atoms with van der Waals surface area (Å²) in [6, 6.07) is 12.1. The molecule has 0 radical (unpaired) electrons. The maximum Gasteiger partial charge on any atom is 0.257 e. The summed E-state index contributed by atoms with van der Waals surface area (Å²) in [6.07, 6.45) is 0. The van der Waals surface area contributed by atoms with Crippen LogP contribution in [0.2, 0.25) is 0 Å². The third-order valence-corrected chi connectivity index (χ3v) is 5.94. The Morgan fingerprint density at radius 2 is 1.97 bits per heavy atom. The van der Waals surface area contributed by atoms with E-state index in [1.807, 2.05) is 12.1 Å². The maximum atomic E-state index is 12.4. The predicted octanol–water partition coefficient (Wildman–Crippen LogP) is 3.26. The Labute approximate surface area is 179 Å². The highest BCUT2D eigenvalue weighted by molar-refractivity contribution is 8.01. The highest BCUT2D eigenvalue weighted by Crippen LogP contribution is 2.33. The summed E-state index contributed by atoms with van der Waals surface area (Å²) in [4.78, 5) is 24.6. The van der Waals surface area contributed by atoms with Crippen molar-refractivity contribution in [2.75, 3.05) is 30.3 Å². The minimum absolute atomic E-state index is 0.141. The van der Waals surface area contributed by atoms with Gasteiger partial charge in [-0.2, -0.15) is 0 Å². The minimum Gasteiger partial charge on any atom is -0.495 e. The van der Waals surface area contributed by atoms with Gasteiger partial charge >= 0.3 is 0 Å². The fourth-order valence-corrected chi connectivity index (χ4v) is 4.13. The lowest BCUT2D eigenvalue weighted by atomic mass is 10.2. The lowest BCUT2D eigenvalue weighted by molar-refractivity contribution is -0.113. The Morgan fingerprint density at radius 1 is 1.13 bits per heavy atom. The van der Waals surface area contributed by atoms with Crippen molar-refractivity contribution in [3.05, 3.63) is 48.0 Å². The molecule has 154 valence electrons. The van der Waals surface area contributed by atoms with Gasteiger partial charge < -0.3 is 19.5 Å². The zero-order valence-corrected chi connectivity index (χ0v) is 17.3. The quantitative estimate of drug-likeness (QED) is 0.422. The molecule has 1 aromatic heterocycles. The lowest BCUT2D eigenvalue weighted by Crippen LogP contribution is -2.14. The Kier molecular flexibility index (Phi) is 6.00. The molecule has 2 amide bonds. The molecule has 4 rings (SSSR count). The normalized spacial score (nSPS) is 11.8. The van der Waals surface area contributed by atoms with Crippen LogP contribution in [0.1, 0.15) is 10.4 Å². The summed E-state index contributed by atoms with van der Waals surface area (Å²) in [7, 11) is 1.54. The van der Waals surface area contributed by atoms with Crippen LogP contribution in [0, 0.1) is 0 Å². The number of para-hydroxylation sites is 2. The van der Waals surface area contributed by atoms with Crippen molar-refractivity contribution in [1.29, 1.82) is 0 Å². The predicted molar refractivity (Wildman–Crippen MR) is 113 cm³/mol. The number of ether oxygens (including phenoxy) is 3. The van der Waals surface area contributed by atoms with Gasteiger partial charge in [-0.3, -0.25) is 14.9 Å². The minimum atomic E-state index is -0.338. The van der Waals surface area contributed by atoms with Crippen LogP contribution < -0.4 is 24.8 Å². The summed E-state index contributed by atoms with van der Waals surface area (Å²) < 4.78 is 16.3. The highest BCUT2D eigenvalue weighted by atomic mass is 32.2. The van der Waals surface area contributed by atoms with Crippen LogP contribution in [-0.2, 0) is 4.79 Å². The summed E-state index contributed by atoms with van der Waals surface area (Å²) in [6.45, 7) is 0.141. The Hall–Kier alpha value is -3.31. The highest BCUT2D eigenvalue weighted by Gasteiger charge is 2.17. The van der Waals surface area contributed by atoms with E-state index in [1.165, 1.54) is 23.1 Å². The summed E-state index contributed by atoms with van der Waals surface area (Å²) >= 11 is 2.41. The molecule has 2 aromatic carbocycles. The van der Waals surface area contributed by atoms with Crippen molar-refractivity contribution in [1.82, 2.24) is 10.2 Å². The number of fused-ring (bicyclic) bond motifs is 1. The van der Waals surface area contributed by atoms with E-state index in [0.29, 0.717) is 38.0 Å². The number of hydrogen-bond acceptors (Lipinski definition) is 9. The number of rotatable bonds is 7. The molecule has 11 heteroatoms. The van der Waals surface area contributed by atoms with Crippen molar-refractivity contribution >= 4 is 45.7 Å². The largest absolute Gasteiger partial charge is 0.495 e. The Morgan fingerprint density at radius 3 is 2.83 bits per heavy atom. The first-order valence-electron chi connectivity index (χ1n) is 8.72. The molecule has 0 aliphatic carbocycles. The van der Waals surface area contributed by atoms with Crippen LogP contribution in [0.5, 0.6) is 17.2 Å². The SMILES string of the molecule is COc1ccccc1NC(=O)CSc1nnc(NC(=O)c2ccc3c(c2)OCO3)s1. The number of thioether (sulfide) groups is 1. The van der Waals surface area contributed by atoms with E-state index in [-0.39, 0.29) is 24.4 Å². The van der Waals surface area contributed by atoms with Crippen molar-refractivity contribution < 1.29 is 23.8 Å². The molecule has 9 nitrogen and oxygen atoms in total. The molecule has 2 heterocycles. The van der Waals surface area contributed by atoms with E-state index in [4.69, 9.17) is 14.2 Å². The zero-order valence-electron chi connectivity index (χ0n) is 15.7. The van der Waals surface area contributed by atoms with Crippen LogP contribution in [-0.4, -0.2) is 41.7 Å². The summed E-state index contributed by atoms with van der Waals surface area (Å²) in [5.74, 6) is 1.31. The molecule has 0 atom stereocenters. The van der Waals surface area contributed by atoms with E-state index in [0.717, 1.165) is 0 Å². The van der Waals surface area contributed by atoms with Gasteiger partial charge in [0.15, 0.2) is 15.8 Å². The van der Waals surface area contributed by atoms with Crippen molar-refractivity contribution in [3.63, 3.8) is 0 Å². The second-order valence-electron chi connectivity index (χ2n) is 5.93. The Balaban J connectivity index is 1.31. The first-order valence-corrected chi connectivity index (χ1v) is 10.5. The van der Waals surface area contributed by atoms with E-state index in [1.54, 1.807) is 37.4 Å². The van der Waals surface area contributed by atoms with Crippen LogP contribution in [0.4, 0.5) is 10.8 Å². The second kappa shape index (κ2) is 9.01. The third kappa shape index (κ3) is 4.63. The van der Waals surface area contributed by atoms with Gasteiger partial charge in [0, 0.05) is 5.56 Å². The van der Waals surface area contributed by atoms with Gasteiger partial charge in [0.2, 0.25) is 17.8 Å². The average Bonchev–Trinajstić information content (AvgIpc) is 3.41. The number of benzene rings is 2. The standard InChI is InChI=1S/C19H16N4O5S2/c1-26-13-5-3-2-4-12(13)20-16(24)9-29-19-23-22-18(30-19)21-17(25)11-6-7-14-15(8-11)28-10-27-14/h2-8H,9-10H2,1H3,(H,20,24)(H,21,22,25). The zero-order chi connectivity index (χ0) is 20.9. The molecule has 0 spiro atoms. The molecule has 1 aliphatic heterocycles. The molecule has 1 aliphatic rings. The van der Waals surface area contributed by atoms with E-state index in [9.17, 15) is 9.59 Å². The van der Waals surface area contributed by atoms with Gasteiger partial charge in [0.25, 0.3) is 5.91 Å². The summed E-state index contributed by atoms with van der Waals surface area (Å²) in [5, 5.41) is 13.8. The molecular weight excluding hydrogens is 428 g/mol. The molecule has 0 saturated carbocycles. The van der Waals surface area contributed by atoms with E-state index >= 15 is 0 Å². The smallest absolute Gasteiger partial charge is 0.257 e. The van der Waals surface area contributed by atoms with Crippen molar-refractivity contribution in [2.45, 2.75) is 4.34 Å². The van der Waals surface area contributed by atoms with Gasteiger partial charge in [-0.15, -0.1) is 10.2 Å². The van der Waals surface area contributed by atoms with Crippen molar-refractivity contribution in [2.24, 2.45) is 0 Å². The van der Waals surface area contributed by atoms with Gasteiger partial charge in [0.1, 0.15) is 5.75 Å². The topological polar surface area (TPSA) is 112 Å². The average molecular weight is 444 g/mol. The lowest BCUT2D eigenvalue weighted by Gasteiger charge is -2.08. The summed E-state index contributed by atoms with van der Waals surface area (Å²) in [5.41, 5.74) is 1.01. The molecule has 3 aromatic rings. The van der Waals surface area contributed by atoms with Gasteiger partial charge in [-0.05, 0) is 30.3 Å². The number of nitrogens with zero attached hydrogens (tertiary/aromatic N) is 2. The molecule has 0 fully saturated rings. The number of carbonyl (C=O) groups excluding carboxylic acids is 2. The molecule has 0 saturated heterocycles. The fourth-order valence-electron chi connectivity index (χ4n) is 2.59. The van der Waals surface area contributed by atoms with E-state index < -0.39 is 0 Å². The maximum absolute atomic E-state index is 12.4. The van der Waals surface area contributed by atoms with Crippen LogP contribution in [0.15, 0.2) is 46.8 Å². The van der Waals surface area contributed by atoms with Gasteiger partial charge in [0.05, 0.1) is 18.6 Å². The number of aromatic nitrogens is 2. The van der Waals surface area contributed by atoms with E-state index in [2.05, 4.69) is 20.8 Å². The van der Waals surface area contributed by atoms with Crippen LogP contribution in [0.25, 0.3) is 0 Å². The second-order valence-corrected chi connectivity index (χ2v) is 8.13. The number of hydrogen-bond donors (Lipinski definition) is 2. The molecular formula is C19H16N4O5S2. The van der Waals surface area contributed by atoms with Gasteiger partial charge in [-0.25, -0.2) is 0 Å². The number of carbonyl (C=O) groups is 2. The number of methoxy groups -OCH3 is 1. The monoisotopic (exact) mass is 444 g/mol. The molecule has 0 unspecified atom stereocenters. The number of anilines is 2. The number of nitrogens with one attached hydrogen (secondary N) is 2. The fraction of sp³-hybridized carbons (Fsp3) is 0.158. The van der Waals surface area contributed by atoms with Crippen LogP contribution in [0.3, 0.4) is 0 Å². The third-order valence-electron chi connectivity index (χ3n) is 3.97. The van der Waals surface area contributed by atoms with Crippen molar-refractivity contribution in [3.8, 4) is 17.2 Å². The van der Waals surface area contributed by atoms with Gasteiger partial charge in [-0.1, -0.05) is 35.2 Å². The van der Waals surface area contributed by atoms with Crippen LogP contribution >= 0.6 is 23.1 Å². The molecule has 30 heavy (non-hydrogen) atoms. The first kappa shape index (κ1) is 20.0.